The molecule has 0 saturated carbocycles. The van der Waals surface area contributed by atoms with Crippen molar-refractivity contribution in [1.29, 1.82) is 0 Å². The fourth-order valence-electron chi connectivity index (χ4n) is 4.12. The van der Waals surface area contributed by atoms with Gasteiger partial charge >= 0.3 is 0 Å². The van der Waals surface area contributed by atoms with Crippen molar-refractivity contribution in [3.63, 3.8) is 0 Å². The van der Waals surface area contributed by atoms with Gasteiger partial charge in [-0.05, 0) is 32.5 Å². The summed E-state index contributed by atoms with van der Waals surface area (Å²) in [6.45, 7) is 16.4. The van der Waals surface area contributed by atoms with Crippen molar-refractivity contribution in [3.05, 3.63) is 17.5 Å². The predicted molar refractivity (Wildman–Crippen MR) is 101 cm³/mol. The molecule has 142 valence electrons. The zero-order chi connectivity index (χ0) is 17.5. The standard InChI is InChI=1S/C19H35N5O/c1-3-22(4-2)8-9-23-7-5-6-17(15-23)19-18(14-20-21-19)16-24-10-12-25-13-11-24/h14,17H,3-13,15-16H2,1-2H3,(H,20,21). The van der Waals surface area contributed by atoms with Gasteiger partial charge in [-0.25, -0.2) is 0 Å². The fourth-order valence-corrected chi connectivity index (χ4v) is 4.12. The molecule has 6 heteroatoms. The zero-order valence-corrected chi connectivity index (χ0v) is 16.0. The molecule has 6 nitrogen and oxygen atoms in total. The minimum atomic E-state index is 0.601. The van der Waals surface area contributed by atoms with Crippen LogP contribution in [0.1, 0.15) is 43.9 Å². The summed E-state index contributed by atoms with van der Waals surface area (Å²) >= 11 is 0. The molecule has 1 aromatic rings. The molecule has 3 rings (SSSR count). The van der Waals surface area contributed by atoms with Crippen LogP contribution in [-0.4, -0.2) is 90.5 Å². The highest BCUT2D eigenvalue weighted by molar-refractivity contribution is 5.21. The van der Waals surface area contributed by atoms with Gasteiger partial charge in [0, 0.05) is 56.4 Å². The Bertz CT molecular complexity index is 496. The number of ether oxygens (including phenoxy) is 1. The second kappa shape index (κ2) is 9.67. The molecule has 2 aliphatic heterocycles. The molecule has 0 spiro atoms. The van der Waals surface area contributed by atoms with Gasteiger partial charge in [0.25, 0.3) is 0 Å². The first-order chi connectivity index (χ1) is 12.3. The van der Waals surface area contributed by atoms with E-state index >= 15 is 0 Å². The number of aromatic nitrogens is 2. The largest absolute Gasteiger partial charge is 0.379 e. The molecule has 25 heavy (non-hydrogen) atoms. The monoisotopic (exact) mass is 349 g/mol. The van der Waals surface area contributed by atoms with Gasteiger partial charge in [-0.1, -0.05) is 13.8 Å². The third-order valence-corrected chi connectivity index (χ3v) is 5.79. The molecule has 0 aliphatic carbocycles. The Hall–Kier alpha value is -0.950. The van der Waals surface area contributed by atoms with Crippen LogP contribution < -0.4 is 0 Å². The first kappa shape index (κ1) is 18.8. The topological polar surface area (TPSA) is 47.6 Å². The maximum atomic E-state index is 5.47. The smallest absolute Gasteiger partial charge is 0.0594 e. The van der Waals surface area contributed by atoms with Crippen molar-refractivity contribution in [2.24, 2.45) is 0 Å². The Kier molecular flexibility index (Phi) is 7.28. The number of morpholine rings is 1. The lowest BCUT2D eigenvalue weighted by Gasteiger charge is -2.34. The summed E-state index contributed by atoms with van der Waals surface area (Å²) in [5.41, 5.74) is 2.76. The maximum Gasteiger partial charge on any atom is 0.0594 e. The van der Waals surface area contributed by atoms with E-state index in [1.807, 2.05) is 6.20 Å². The lowest BCUT2D eigenvalue weighted by atomic mass is 9.92. The number of nitrogens with zero attached hydrogens (tertiary/aromatic N) is 4. The van der Waals surface area contributed by atoms with E-state index in [0.29, 0.717) is 5.92 Å². The molecule has 0 amide bonds. The summed E-state index contributed by atoms with van der Waals surface area (Å²) in [5.74, 6) is 0.601. The number of likely N-dealkylation sites (N-methyl/N-ethyl adjacent to an activating group) is 1. The van der Waals surface area contributed by atoms with Crippen molar-refractivity contribution in [2.75, 3.05) is 65.6 Å². The summed E-state index contributed by atoms with van der Waals surface area (Å²) in [4.78, 5) is 7.65. The third kappa shape index (κ3) is 5.26. The second-order valence-electron chi connectivity index (χ2n) is 7.36. The molecular weight excluding hydrogens is 314 g/mol. The van der Waals surface area contributed by atoms with Crippen LogP contribution >= 0.6 is 0 Å². The molecule has 2 fully saturated rings. The first-order valence-corrected chi connectivity index (χ1v) is 10.1. The zero-order valence-electron chi connectivity index (χ0n) is 16.0. The van der Waals surface area contributed by atoms with Crippen LogP contribution in [0, 0.1) is 0 Å². The van der Waals surface area contributed by atoms with Gasteiger partial charge in [-0.3, -0.25) is 10.00 Å². The Morgan fingerprint density at radius 2 is 2.00 bits per heavy atom. The number of nitrogens with one attached hydrogen (secondary N) is 1. The predicted octanol–water partition coefficient (Wildman–Crippen LogP) is 1.76. The quantitative estimate of drug-likeness (QED) is 0.775. The molecule has 1 aromatic heterocycles. The van der Waals surface area contributed by atoms with E-state index in [0.717, 1.165) is 45.9 Å². The van der Waals surface area contributed by atoms with Crippen molar-refractivity contribution in [2.45, 2.75) is 39.2 Å². The van der Waals surface area contributed by atoms with Gasteiger partial charge in [-0.2, -0.15) is 5.10 Å². The van der Waals surface area contributed by atoms with Crippen LogP contribution in [0.2, 0.25) is 0 Å². The number of likely N-dealkylation sites (tertiary alicyclic amines) is 1. The van der Waals surface area contributed by atoms with Crippen LogP contribution in [-0.2, 0) is 11.3 Å². The van der Waals surface area contributed by atoms with E-state index in [1.54, 1.807) is 0 Å². The summed E-state index contributed by atoms with van der Waals surface area (Å²) in [5, 5.41) is 7.71. The molecule has 0 radical (unpaired) electrons. The molecule has 0 bridgehead atoms. The molecule has 0 aromatic carbocycles. The summed E-state index contributed by atoms with van der Waals surface area (Å²) in [6, 6.07) is 0. The number of rotatable bonds is 8. The minimum Gasteiger partial charge on any atom is -0.379 e. The lowest BCUT2D eigenvalue weighted by molar-refractivity contribution is 0.0339. The molecule has 3 heterocycles. The number of hydrogen-bond acceptors (Lipinski definition) is 5. The van der Waals surface area contributed by atoms with Crippen LogP contribution in [0.4, 0.5) is 0 Å². The molecule has 1 atom stereocenters. The summed E-state index contributed by atoms with van der Waals surface area (Å²) < 4.78 is 5.47. The number of piperidine rings is 1. The molecule has 2 aliphatic rings. The van der Waals surface area contributed by atoms with E-state index < -0.39 is 0 Å². The Labute approximate surface area is 152 Å². The van der Waals surface area contributed by atoms with Gasteiger partial charge in [0.1, 0.15) is 0 Å². The van der Waals surface area contributed by atoms with E-state index in [4.69, 9.17) is 4.74 Å². The molecule has 1 N–H and O–H groups in total. The SMILES string of the molecule is CCN(CC)CCN1CCCC(c2[nH]ncc2CN2CCOCC2)C1. The van der Waals surface area contributed by atoms with Gasteiger partial charge in [0.2, 0.25) is 0 Å². The average Bonchev–Trinajstić information content (AvgIpc) is 3.12. The van der Waals surface area contributed by atoms with E-state index in [-0.39, 0.29) is 0 Å². The molecule has 2 saturated heterocycles. The van der Waals surface area contributed by atoms with Crippen molar-refractivity contribution in [3.8, 4) is 0 Å². The number of hydrogen-bond donors (Lipinski definition) is 1. The first-order valence-electron chi connectivity index (χ1n) is 10.1. The van der Waals surface area contributed by atoms with Crippen LogP contribution in [0.15, 0.2) is 6.20 Å². The van der Waals surface area contributed by atoms with E-state index in [9.17, 15) is 0 Å². The highest BCUT2D eigenvalue weighted by Gasteiger charge is 2.25. The third-order valence-electron chi connectivity index (χ3n) is 5.79. The lowest BCUT2D eigenvalue weighted by Crippen LogP contribution is -2.40. The normalized spacial score (nSPS) is 23.4. The summed E-state index contributed by atoms with van der Waals surface area (Å²) in [6.07, 6.45) is 4.61. The molecule has 1 unspecified atom stereocenters. The Balaban J connectivity index is 1.55. The van der Waals surface area contributed by atoms with Crippen molar-refractivity contribution in [1.82, 2.24) is 24.9 Å². The van der Waals surface area contributed by atoms with Gasteiger partial charge in [0.15, 0.2) is 0 Å². The Morgan fingerprint density at radius 1 is 1.20 bits per heavy atom. The Morgan fingerprint density at radius 3 is 2.76 bits per heavy atom. The molecular formula is C19H35N5O. The van der Waals surface area contributed by atoms with Gasteiger partial charge in [0.05, 0.1) is 19.4 Å². The van der Waals surface area contributed by atoms with Crippen LogP contribution in [0.25, 0.3) is 0 Å². The summed E-state index contributed by atoms with van der Waals surface area (Å²) in [7, 11) is 0. The van der Waals surface area contributed by atoms with Crippen LogP contribution in [0.3, 0.4) is 0 Å². The average molecular weight is 350 g/mol. The van der Waals surface area contributed by atoms with Crippen molar-refractivity contribution >= 4 is 0 Å². The highest BCUT2D eigenvalue weighted by Crippen LogP contribution is 2.28. The van der Waals surface area contributed by atoms with Crippen LogP contribution in [0.5, 0.6) is 0 Å². The second-order valence-corrected chi connectivity index (χ2v) is 7.36. The highest BCUT2D eigenvalue weighted by atomic mass is 16.5. The van der Waals surface area contributed by atoms with E-state index in [1.165, 1.54) is 50.3 Å². The van der Waals surface area contributed by atoms with Gasteiger partial charge < -0.3 is 14.5 Å². The van der Waals surface area contributed by atoms with Gasteiger partial charge in [-0.15, -0.1) is 0 Å². The maximum absolute atomic E-state index is 5.47. The fraction of sp³-hybridized carbons (Fsp3) is 0.842. The van der Waals surface area contributed by atoms with Crippen molar-refractivity contribution < 1.29 is 4.74 Å². The number of H-pyrrole nitrogens is 1. The van der Waals surface area contributed by atoms with E-state index in [2.05, 4.69) is 38.7 Å². The minimum absolute atomic E-state index is 0.601. The number of aromatic amines is 1.